The van der Waals surface area contributed by atoms with Gasteiger partial charge in [0.1, 0.15) is 11.5 Å². The van der Waals surface area contributed by atoms with Crippen molar-refractivity contribution in [2.24, 2.45) is 0 Å². The number of phenols is 1. The summed E-state index contributed by atoms with van der Waals surface area (Å²) in [6, 6.07) is 10.3. The predicted molar refractivity (Wildman–Crippen MR) is 144 cm³/mol. The van der Waals surface area contributed by atoms with Crippen LogP contribution in [0.2, 0.25) is 20.1 Å². The van der Waals surface area contributed by atoms with Crippen LogP contribution in [0.25, 0.3) is 21.8 Å². The first-order valence-corrected chi connectivity index (χ1v) is 12.5. The monoisotopic (exact) mass is 688 g/mol. The van der Waals surface area contributed by atoms with Gasteiger partial charge in [-0.25, -0.2) is 0 Å². The first kappa shape index (κ1) is 26.8. The molecule has 0 aliphatic rings. The SMILES string of the molecule is BrB(Br)Br.COc1cc2ncc(Cl)cc2cc1Cl.Oc1cc2ncc(Cl)cc2cc1Cl. The second-order valence-electron chi connectivity index (χ2n) is 5.73. The Bertz CT molecular complexity index is 1200. The van der Waals surface area contributed by atoms with Crippen LogP contribution >= 0.6 is 93.7 Å². The van der Waals surface area contributed by atoms with Gasteiger partial charge < -0.3 is 9.84 Å². The van der Waals surface area contributed by atoms with Crippen LogP contribution in [-0.2, 0) is 0 Å². The Labute approximate surface area is 224 Å². The highest BCUT2D eigenvalue weighted by atomic mass is 79.9. The smallest absolute Gasteiger partial charge is 0.369 e. The van der Waals surface area contributed by atoms with E-state index in [-0.39, 0.29) is 8.93 Å². The summed E-state index contributed by atoms with van der Waals surface area (Å²) in [5.74, 6) is 0.651. The predicted octanol–water partition coefficient (Wildman–Crippen LogP) is 8.95. The van der Waals surface area contributed by atoms with Gasteiger partial charge in [0.2, 0.25) is 0 Å². The fraction of sp³-hybridized carbons (Fsp3) is 0.0526. The summed E-state index contributed by atoms with van der Waals surface area (Å²) in [4.78, 5) is 8.19. The molecule has 2 heterocycles. The number of phenolic OH excluding ortho intramolecular Hbond substituents is 1. The van der Waals surface area contributed by atoms with Crippen LogP contribution in [-0.4, -0.2) is 25.4 Å². The fourth-order valence-corrected chi connectivity index (χ4v) is 3.12. The second kappa shape index (κ2) is 12.7. The lowest BCUT2D eigenvalue weighted by atomic mass is 10.2. The van der Waals surface area contributed by atoms with Crippen LogP contribution in [0.5, 0.6) is 11.5 Å². The number of fused-ring (bicyclic) bond motifs is 2. The molecule has 12 heteroatoms. The van der Waals surface area contributed by atoms with E-state index in [0.29, 0.717) is 31.4 Å². The van der Waals surface area contributed by atoms with E-state index in [0.717, 1.165) is 16.3 Å². The van der Waals surface area contributed by atoms with E-state index in [4.69, 9.17) is 51.1 Å². The molecule has 0 fully saturated rings. The minimum Gasteiger partial charge on any atom is -0.506 e. The molecule has 162 valence electrons. The number of nitrogens with zero attached hydrogens (tertiary/aromatic N) is 2. The molecule has 2 aromatic carbocycles. The number of halogens is 7. The topological polar surface area (TPSA) is 55.2 Å². The summed E-state index contributed by atoms with van der Waals surface area (Å²) in [7, 11) is 1.57. The van der Waals surface area contributed by atoms with E-state index in [1.807, 2.05) is 6.07 Å². The Morgan fingerprint density at radius 2 is 1.23 bits per heavy atom. The van der Waals surface area contributed by atoms with E-state index < -0.39 is 0 Å². The van der Waals surface area contributed by atoms with Gasteiger partial charge in [0, 0.05) is 35.3 Å². The highest BCUT2D eigenvalue weighted by Crippen LogP contribution is 2.30. The molecule has 0 unspecified atom stereocenters. The number of hydrogen-bond acceptors (Lipinski definition) is 4. The molecule has 31 heavy (non-hydrogen) atoms. The zero-order chi connectivity index (χ0) is 23.1. The third-order valence-corrected chi connectivity index (χ3v) is 4.65. The number of hydrogen-bond donors (Lipinski definition) is 1. The molecular weight excluding hydrogens is 681 g/mol. The van der Waals surface area contributed by atoms with Crippen LogP contribution in [0.4, 0.5) is 0 Å². The van der Waals surface area contributed by atoms with Crippen molar-refractivity contribution in [2.75, 3.05) is 7.11 Å². The minimum absolute atomic E-state index is 0.0315. The van der Waals surface area contributed by atoms with Gasteiger partial charge in [0.15, 0.2) is 0 Å². The fourth-order valence-electron chi connectivity index (χ4n) is 2.37. The number of methoxy groups -OCH3 is 1. The lowest BCUT2D eigenvalue weighted by molar-refractivity contribution is 0.415. The first-order chi connectivity index (χ1) is 14.6. The number of aromatic nitrogens is 2. The zero-order valence-electron chi connectivity index (χ0n) is 15.6. The van der Waals surface area contributed by atoms with E-state index in [1.165, 1.54) is 12.3 Å². The summed E-state index contributed by atoms with van der Waals surface area (Å²) in [6.07, 6.45) is 3.12. The number of benzene rings is 2. The molecule has 0 saturated heterocycles. The maximum absolute atomic E-state index is 9.28. The van der Waals surface area contributed by atoms with Crippen molar-refractivity contribution >= 4 is 119 Å². The summed E-state index contributed by atoms with van der Waals surface area (Å²) in [6.45, 7) is 0. The molecule has 4 aromatic rings. The first-order valence-electron chi connectivity index (χ1n) is 8.25. The Morgan fingerprint density at radius 3 is 1.71 bits per heavy atom. The summed E-state index contributed by atoms with van der Waals surface area (Å²) in [5, 5.41) is 13.0. The van der Waals surface area contributed by atoms with Crippen LogP contribution in [0.1, 0.15) is 0 Å². The van der Waals surface area contributed by atoms with Gasteiger partial charge in [-0.05, 0) is 24.3 Å². The van der Waals surface area contributed by atoms with Crippen LogP contribution in [0, 0.1) is 0 Å². The number of aromatic hydroxyl groups is 1. The minimum atomic E-state index is 0.0315. The molecular formula is C19H12BBr3Cl4N2O2. The van der Waals surface area contributed by atoms with E-state index in [1.54, 1.807) is 37.6 Å². The highest BCUT2D eigenvalue weighted by Gasteiger charge is 2.04. The van der Waals surface area contributed by atoms with Crippen LogP contribution in [0.15, 0.2) is 48.8 Å². The van der Waals surface area contributed by atoms with Gasteiger partial charge in [-0.3, -0.25) is 9.97 Å². The summed E-state index contributed by atoms with van der Waals surface area (Å²) >= 11 is 32.5. The van der Waals surface area contributed by atoms with Gasteiger partial charge >= 0.3 is 3.18 Å². The molecule has 4 rings (SSSR count). The highest BCUT2D eigenvalue weighted by molar-refractivity contribution is 9.69. The molecule has 1 N–H and O–H groups in total. The third kappa shape index (κ3) is 8.43. The van der Waals surface area contributed by atoms with Gasteiger partial charge in [0.05, 0.1) is 38.2 Å². The molecule has 0 radical (unpaired) electrons. The van der Waals surface area contributed by atoms with Crippen molar-refractivity contribution in [3.05, 3.63) is 68.9 Å². The number of rotatable bonds is 1. The largest absolute Gasteiger partial charge is 0.506 e. The van der Waals surface area contributed by atoms with Crippen molar-refractivity contribution in [1.29, 1.82) is 0 Å². The maximum Gasteiger partial charge on any atom is 0.369 e. The number of pyridine rings is 2. The Hall–Kier alpha value is -0.475. The molecule has 0 amide bonds. The van der Waals surface area contributed by atoms with Gasteiger partial charge in [-0.2, -0.15) is 0 Å². The maximum atomic E-state index is 9.28. The van der Waals surface area contributed by atoms with Crippen molar-refractivity contribution in [3.8, 4) is 11.5 Å². The molecule has 2 aromatic heterocycles. The van der Waals surface area contributed by atoms with Crippen LogP contribution < -0.4 is 4.74 Å². The van der Waals surface area contributed by atoms with E-state index in [2.05, 4.69) is 57.2 Å². The Balaban J connectivity index is 0.000000189. The Morgan fingerprint density at radius 1 is 0.774 bits per heavy atom. The van der Waals surface area contributed by atoms with Gasteiger partial charge in [-0.15, -0.1) is 47.3 Å². The second-order valence-corrected chi connectivity index (χ2v) is 13.9. The van der Waals surface area contributed by atoms with Crippen molar-refractivity contribution in [1.82, 2.24) is 9.97 Å². The molecule has 0 aliphatic carbocycles. The van der Waals surface area contributed by atoms with Crippen molar-refractivity contribution in [3.63, 3.8) is 0 Å². The lowest BCUT2D eigenvalue weighted by Gasteiger charge is -2.04. The molecule has 0 bridgehead atoms. The van der Waals surface area contributed by atoms with Crippen molar-refractivity contribution in [2.45, 2.75) is 0 Å². The van der Waals surface area contributed by atoms with E-state index in [9.17, 15) is 5.11 Å². The average Bonchev–Trinajstić information content (AvgIpc) is 2.68. The molecule has 0 spiro atoms. The quantitative estimate of drug-likeness (QED) is 0.203. The third-order valence-electron chi connectivity index (χ3n) is 3.64. The zero-order valence-corrected chi connectivity index (χ0v) is 23.4. The molecule has 4 nitrogen and oxygen atoms in total. The number of ether oxygens (including phenoxy) is 1. The van der Waals surface area contributed by atoms with E-state index >= 15 is 0 Å². The van der Waals surface area contributed by atoms with Gasteiger partial charge in [0.25, 0.3) is 0 Å². The van der Waals surface area contributed by atoms with Crippen molar-refractivity contribution < 1.29 is 9.84 Å². The summed E-state index contributed by atoms with van der Waals surface area (Å²) < 4.78 is 5.35. The normalized spacial score (nSPS) is 10.1. The molecule has 0 saturated carbocycles. The van der Waals surface area contributed by atoms with Crippen LogP contribution in [0.3, 0.4) is 0 Å². The Kier molecular flexibility index (Phi) is 11.0. The average molecular weight is 693 g/mol. The summed E-state index contributed by atoms with van der Waals surface area (Å²) in [5.41, 5.74) is 1.49. The molecule has 0 aliphatic heterocycles. The van der Waals surface area contributed by atoms with Gasteiger partial charge in [-0.1, -0.05) is 46.4 Å². The molecule has 0 atom stereocenters. The standard InChI is InChI=1S/C10H7Cl2NO.C9H5Cl2NO.BBr3/c1-14-10-4-9-6(3-8(10)12)2-7(11)5-13-9;10-6-1-5-2-7(11)9(13)3-8(5)12-4-6;2-1(3)4/h2-5H,1H3;1-4,13H;. The lowest BCUT2D eigenvalue weighted by Crippen LogP contribution is -1.86.